The van der Waals surface area contributed by atoms with E-state index in [1.54, 1.807) is 0 Å². The van der Waals surface area contributed by atoms with Crippen molar-refractivity contribution in [3.63, 3.8) is 0 Å². The van der Waals surface area contributed by atoms with Gasteiger partial charge in [0, 0.05) is 18.8 Å². The second-order valence-electron chi connectivity index (χ2n) is 3.76. The molecule has 0 aliphatic rings. The number of rotatable bonds is 9. The minimum atomic E-state index is -0.370. The van der Waals surface area contributed by atoms with Gasteiger partial charge in [-0.05, 0) is 12.8 Å². The third-order valence-electron chi connectivity index (χ3n) is 2.35. The van der Waals surface area contributed by atoms with Gasteiger partial charge in [0.25, 0.3) is 0 Å². The van der Waals surface area contributed by atoms with Crippen molar-refractivity contribution in [2.75, 3.05) is 20.2 Å². The Kier molecular flexibility index (Phi) is 8.84. The molecule has 0 aromatic heterocycles. The molecule has 0 saturated heterocycles. The highest BCUT2D eigenvalue weighted by Crippen LogP contribution is 2.10. The van der Waals surface area contributed by atoms with Crippen LogP contribution >= 0.6 is 0 Å². The van der Waals surface area contributed by atoms with E-state index in [0.717, 1.165) is 19.3 Å². The zero-order valence-electron chi connectivity index (χ0n) is 10.9. The molecule has 0 aromatic rings. The Bertz CT molecular complexity index is 282. The van der Waals surface area contributed by atoms with Crippen LogP contribution in [0.4, 0.5) is 0 Å². The smallest absolute Gasteiger partial charge is 0.330 e. The summed E-state index contributed by atoms with van der Waals surface area (Å²) in [5.41, 5.74) is 1.27. The highest BCUT2D eigenvalue weighted by atomic mass is 16.5. The SMILES string of the molecule is C=CC/C=C(\CCC)N(C)CCOC(=O)C=C. The van der Waals surface area contributed by atoms with E-state index in [9.17, 15) is 4.79 Å². The van der Waals surface area contributed by atoms with Crippen molar-refractivity contribution in [3.8, 4) is 0 Å². The van der Waals surface area contributed by atoms with E-state index >= 15 is 0 Å². The molecule has 0 aromatic carbocycles. The maximum atomic E-state index is 10.9. The van der Waals surface area contributed by atoms with Crippen LogP contribution in [0.5, 0.6) is 0 Å². The lowest BCUT2D eigenvalue weighted by atomic mass is 10.2. The summed E-state index contributed by atoms with van der Waals surface area (Å²) < 4.78 is 4.95. The number of allylic oxidation sites excluding steroid dienone is 3. The predicted molar refractivity (Wildman–Crippen MR) is 71.6 cm³/mol. The second kappa shape index (κ2) is 9.70. The van der Waals surface area contributed by atoms with Crippen molar-refractivity contribution >= 4 is 5.97 Å². The summed E-state index contributed by atoms with van der Waals surface area (Å²) in [5, 5.41) is 0. The minimum absolute atomic E-state index is 0.370. The van der Waals surface area contributed by atoms with Crippen LogP contribution in [-0.4, -0.2) is 31.1 Å². The molecular weight excluding hydrogens is 214 g/mol. The van der Waals surface area contributed by atoms with E-state index in [4.69, 9.17) is 4.74 Å². The average molecular weight is 237 g/mol. The second-order valence-corrected chi connectivity index (χ2v) is 3.76. The normalized spacial score (nSPS) is 10.8. The molecule has 0 bridgehead atoms. The van der Waals surface area contributed by atoms with Crippen molar-refractivity contribution in [3.05, 3.63) is 37.1 Å². The zero-order chi connectivity index (χ0) is 13.1. The highest BCUT2D eigenvalue weighted by molar-refractivity contribution is 5.81. The Balaban J connectivity index is 4.13. The molecule has 0 aliphatic heterocycles. The lowest BCUT2D eigenvalue weighted by Gasteiger charge is -2.22. The van der Waals surface area contributed by atoms with E-state index in [2.05, 4.69) is 31.1 Å². The van der Waals surface area contributed by atoms with E-state index in [1.165, 1.54) is 11.8 Å². The van der Waals surface area contributed by atoms with Gasteiger partial charge in [-0.15, -0.1) is 6.58 Å². The van der Waals surface area contributed by atoms with Gasteiger partial charge >= 0.3 is 5.97 Å². The van der Waals surface area contributed by atoms with Crippen LogP contribution in [0.3, 0.4) is 0 Å². The maximum absolute atomic E-state index is 10.9. The Morgan fingerprint density at radius 2 is 2.12 bits per heavy atom. The molecule has 3 nitrogen and oxygen atoms in total. The topological polar surface area (TPSA) is 29.5 Å². The summed E-state index contributed by atoms with van der Waals surface area (Å²) in [6, 6.07) is 0. The molecule has 0 amide bonds. The lowest BCUT2D eigenvalue weighted by Crippen LogP contribution is -2.23. The van der Waals surface area contributed by atoms with E-state index in [-0.39, 0.29) is 5.97 Å². The molecule has 0 unspecified atom stereocenters. The third kappa shape index (κ3) is 7.39. The lowest BCUT2D eigenvalue weighted by molar-refractivity contribution is -0.137. The number of nitrogens with zero attached hydrogens (tertiary/aromatic N) is 1. The molecule has 0 fully saturated rings. The Morgan fingerprint density at radius 3 is 2.65 bits per heavy atom. The van der Waals surface area contributed by atoms with Crippen molar-refractivity contribution in [2.24, 2.45) is 0 Å². The summed E-state index contributed by atoms with van der Waals surface area (Å²) >= 11 is 0. The largest absolute Gasteiger partial charge is 0.461 e. The van der Waals surface area contributed by atoms with E-state index < -0.39 is 0 Å². The van der Waals surface area contributed by atoms with Crippen molar-refractivity contribution < 1.29 is 9.53 Å². The van der Waals surface area contributed by atoms with Gasteiger partial charge in [-0.1, -0.05) is 32.1 Å². The summed E-state index contributed by atoms with van der Waals surface area (Å²) in [4.78, 5) is 13.0. The summed E-state index contributed by atoms with van der Waals surface area (Å²) in [7, 11) is 2.01. The number of likely N-dealkylation sites (N-methyl/N-ethyl adjacent to an activating group) is 1. The Morgan fingerprint density at radius 1 is 1.41 bits per heavy atom. The quantitative estimate of drug-likeness (QED) is 0.351. The maximum Gasteiger partial charge on any atom is 0.330 e. The molecule has 96 valence electrons. The molecule has 0 spiro atoms. The van der Waals surface area contributed by atoms with Gasteiger partial charge in [0.1, 0.15) is 6.61 Å². The number of ether oxygens (including phenoxy) is 1. The van der Waals surface area contributed by atoms with Crippen LogP contribution in [0.1, 0.15) is 26.2 Å². The first kappa shape index (κ1) is 15.5. The molecule has 0 rings (SSSR count). The summed E-state index contributed by atoms with van der Waals surface area (Å²) in [6.45, 7) is 10.3. The van der Waals surface area contributed by atoms with Crippen LogP contribution in [-0.2, 0) is 9.53 Å². The minimum Gasteiger partial charge on any atom is -0.461 e. The monoisotopic (exact) mass is 237 g/mol. The first-order chi connectivity index (χ1) is 8.15. The average Bonchev–Trinajstić information content (AvgIpc) is 2.33. The fourth-order valence-corrected chi connectivity index (χ4v) is 1.41. The first-order valence-corrected chi connectivity index (χ1v) is 5.95. The summed E-state index contributed by atoms with van der Waals surface area (Å²) in [5.74, 6) is -0.370. The van der Waals surface area contributed by atoms with Gasteiger partial charge in [-0.25, -0.2) is 4.79 Å². The highest BCUT2D eigenvalue weighted by Gasteiger charge is 2.04. The van der Waals surface area contributed by atoms with Crippen LogP contribution in [0.15, 0.2) is 37.1 Å². The Labute approximate surface area is 104 Å². The number of hydrogen-bond donors (Lipinski definition) is 0. The standard InChI is InChI=1S/C14H23NO2/c1-5-8-10-13(9-6-2)15(4)11-12-17-14(16)7-3/h5,7,10H,1,3,6,8-9,11-12H2,2,4H3/b13-10+. The van der Waals surface area contributed by atoms with Gasteiger partial charge in [0.05, 0.1) is 6.54 Å². The Hall–Kier alpha value is -1.51. The molecule has 0 radical (unpaired) electrons. The van der Waals surface area contributed by atoms with Gasteiger partial charge < -0.3 is 9.64 Å². The van der Waals surface area contributed by atoms with Crippen molar-refractivity contribution in [2.45, 2.75) is 26.2 Å². The third-order valence-corrected chi connectivity index (χ3v) is 2.35. The molecule has 0 aliphatic carbocycles. The predicted octanol–water partition coefficient (Wildman–Crippen LogP) is 2.91. The van der Waals surface area contributed by atoms with Gasteiger partial charge in [-0.2, -0.15) is 0 Å². The van der Waals surface area contributed by atoms with Crippen molar-refractivity contribution in [1.82, 2.24) is 4.90 Å². The van der Waals surface area contributed by atoms with Crippen molar-refractivity contribution in [1.29, 1.82) is 0 Å². The molecule has 0 atom stereocenters. The van der Waals surface area contributed by atoms with Crippen LogP contribution in [0.25, 0.3) is 0 Å². The molecular formula is C14H23NO2. The molecule has 0 heterocycles. The molecule has 0 saturated carbocycles. The van der Waals surface area contributed by atoms with Crippen LogP contribution in [0.2, 0.25) is 0 Å². The number of esters is 1. The molecule has 3 heteroatoms. The number of hydrogen-bond acceptors (Lipinski definition) is 3. The fraction of sp³-hybridized carbons (Fsp3) is 0.500. The van der Waals surface area contributed by atoms with Crippen LogP contribution < -0.4 is 0 Å². The first-order valence-electron chi connectivity index (χ1n) is 5.95. The molecule has 17 heavy (non-hydrogen) atoms. The van der Waals surface area contributed by atoms with Gasteiger partial charge in [0.2, 0.25) is 0 Å². The number of carbonyl (C=O) groups excluding carboxylic acids is 1. The van der Waals surface area contributed by atoms with Crippen LogP contribution in [0, 0.1) is 0 Å². The van der Waals surface area contributed by atoms with E-state index in [0.29, 0.717) is 13.2 Å². The van der Waals surface area contributed by atoms with E-state index in [1.807, 2.05) is 13.1 Å². The van der Waals surface area contributed by atoms with Gasteiger partial charge in [-0.3, -0.25) is 0 Å². The van der Waals surface area contributed by atoms with Gasteiger partial charge in [0.15, 0.2) is 0 Å². The number of carbonyl (C=O) groups is 1. The fourth-order valence-electron chi connectivity index (χ4n) is 1.41. The zero-order valence-corrected chi connectivity index (χ0v) is 10.9. The molecule has 0 N–H and O–H groups in total. The summed E-state index contributed by atoms with van der Waals surface area (Å²) in [6.07, 6.45) is 8.21.